The van der Waals surface area contributed by atoms with Crippen LogP contribution in [0.15, 0.2) is 0 Å². The zero-order valence-electron chi connectivity index (χ0n) is 8.70. The number of aliphatic hydroxyl groups is 2. The first-order valence-corrected chi connectivity index (χ1v) is 5.16. The van der Waals surface area contributed by atoms with E-state index >= 15 is 0 Å². The molecule has 1 saturated heterocycles. The Hall–Kier alpha value is -0.610. The molecule has 1 fully saturated rings. The van der Waals surface area contributed by atoms with E-state index in [0.717, 1.165) is 0 Å². The molecule has 4 heteroatoms. The summed E-state index contributed by atoms with van der Waals surface area (Å²) in [4.78, 5) is 13.3. The molecule has 1 amide bonds. The number of piperidine rings is 1. The van der Waals surface area contributed by atoms with Crippen molar-refractivity contribution in [2.75, 3.05) is 19.7 Å². The first-order chi connectivity index (χ1) is 6.55. The summed E-state index contributed by atoms with van der Waals surface area (Å²) in [6, 6.07) is 0. The fourth-order valence-electron chi connectivity index (χ4n) is 1.63. The van der Waals surface area contributed by atoms with Gasteiger partial charge in [-0.05, 0) is 26.2 Å². The smallest absolute Gasteiger partial charge is 0.222 e. The van der Waals surface area contributed by atoms with Crippen LogP contribution in [0.3, 0.4) is 0 Å². The summed E-state index contributed by atoms with van der Waals surface area (Å²) in [6.45, 7) is 3.15. The molecule has 0 saturated carbocycles. The van der Waals surface area contributed by atoms with Gasteiger partial charge in [-0.15, -0.1) is 0 Å². The van der Waals surface area contributed by atoms with E-state index in [9.17, 15) is 9.90 Å². The van der Waals surface area contributed by atoms with Gasteiger partial charge < -0.3 is 15.1 Å². The van der Waals surface area contributed by atoms with Gasteiger partial charge in [0.25, 0.3) is 0 Å². The van der Waals surface area contributed by atoms with Crippen molar-refractivity contribution < 1.29 is 15.0 Å². The lowest BCUT2D eigenvalue weighted by atomic mass is 9.93. The van der Waals surface area contributed by atoms with Gasteiger partial charge in [-0.2, -0.15) is 0 Å². The molecule has 0 aliphatic carbocycles. The van der Waals surface area contributed by atoms with E-state index in [1.807, 2.05) is 6.92 Å². The van der Waals surface area contributed by atoms with Crippen LogP contribution in [0, 0.1) is 0 Å². The van der Waals surface area contributed by atoms with Crippen LogP contribution in [0.5, 0.6) is 0 Å². The maximum atomic E-state index is 11.5. The molecule has 0 radical (unpaired) electrons. The number of likely N-dealkylation sites (tertiary alicyclic amines) is 1. The van der Waals surface area contributed by atoms with Gasteiger partial charge in [0, 0.05) is 26.1 Å². The third-order valence-corrected chi connectivity index (χ3v) is 2.74. The number of amides is 1. The van der Waals surface area contributed by atoms with Crippen LogP contribution in [0.1, 0.15) is 32.6 Å². The van der Waals surface area contributed by atoms with Gasteiger partial charge in [-0.25, -0.2) is 0 Å². The van der Waals surface area contributed by atoms with Crippen molar-refractivity contribution in [1.82, 2.24) is 4.90 Å². The second-order valence-electron chi connectivity index (χ2n) is 4.20. The summed E-state index contributed by atoms with van der Waals surface area (Å²) >= 11 is 0. The Bertz CT molecular complexity index is 194. The Labute approximate surface area is 84.5 Å². The van der Waals surface area contributed by atoms with Crippen molar-refractivity contribution in [1.29, 1.82) is 0 Å². The predicted molar refractivity (Wildman–Crippen MR) is 52.8 cm³/mol. The zero-order chi connectivity index (χ0) is 10.6. The maximum Gasteiger partial charge on any atom is 0.222 e. The van der Waals surface area contributed by atoms with Crippen LogP contribution in [0.2, 0.25) is 0 Å². The van der Waals surface area contributed by atoms with E-state index in [-0.39, 0.29) is 12.5 Å². The Morgan fingerprint density at radius 3 is 2.50 bits per heavy atom. The molecule has 0 aromatic heterocycles. The number of aliphatic hydroxyl groups excluding tert-OH is 1. The molecule has 14 heavy (non-hydrogen) atoms. The summed E-state index contributed by atoms with van der Waals surface area (Å²) in [6.07, 6.45) is 2.25. The van der Waals surface area contributed by atoms with Crippen LogP contribution >= 0.6 is 0 Å². The Kier molecular flexibility index (Phi) is 3.89. The van der Waals surface area contributed by atoms with Gasteiger partial charge in [0.15, 0.2) is 0 Å². The van der Waals surface area contributed by atoms with Crippen molar-refractivity contribution in [3.05, 3.63) is 0 Å². The zero-order valence-corrected chi connectivity index (χ0v) is 8.70. The Balaban J connectivity index is 2.30. The molecule has 1 rings (SSSR count). The number of rotatable bonds is 3. The standard InChI is InChI=1S/C10H19NO3/c1-10(14)4-6-11(7-5-10)9(13)3-2-8-12/h12,14H,2-8H2,1H3. The summed E-state index contributed by atoms with van der Waals surface area (Å²) in [7, 11) is 0. The number of carbonyl (C=O) groups is 1. The van der Waals surface area contributed by atoms with Crippen molar-refractivity contribution in [2.24, 2.45) is 0 Å². The summed E-state index contributed by atoms with van der Waals surface area (Å²) < 4.78 is 0. The normalized spacial score (nSPS) is 20.9. The summed E-state index contributed by atoms with van der Waals surface area (Å²) in [5.74, 6) is 0.0922. The van der Waals surface area contributed by atoms with Gasteiger partial charge in [-0.3, -0.25) is 4.79 Å². The highest BCUT2D eigenvalue weighted by Crippen LogP contribution is 2.21. The van der Waals surface area contributed by atoms with Crippen molar-refractivity contribution >= 4 is 5.91 Å². The van der Waals surface area contributed by atoms with Gasteiger partial charge in [0.05, 0.1) is 5.60 Å². The third kappa shape index (κ3) is 3.27. The molecule has 0 unspecified atom stereocenters. The lowest BCUT2D eigenvalue weighted by Crippen LogP contribution is -2.45. The van der Waals surface area contributed by atoms with Gasteiger partial charge in [0.1, 0.15) is 0 Å². The quantitative estimate of drug-likeness (QED) is 0.682. The highest BCUT2D eigenvalue weighted by atomic mass is 16.3. The van der Waals surface area contributed by atoms with E-state index < -0.39 is 5.60 Å². The van der Waals surface area contributed by atoms with Crippen LogP contribution in [-0.4, -0.2) is 46.3 Å². The van der Waals surface area contributed by atoms with Crippen LogP contribution in [0.25, 0.3) is 0 Å². The highest BCUT2D eigenvalue weighted by Gasteiger charge is 2.28. The predicted octanol–water partition coefficient (Wildman–Crippen LogP) is 0.132. The third-order valence-electron chi connectivity index (χ3n) is 2.74. The topological polar surface area (TPSA) is 60.8 Å². The molecule has 0 spiro atoms. The van der Waals surface area contributed by atoms with Crippen molar-refractivity contribution in [2.45, 2.75) is 38.2 Å². The minimum Gasteiger partial charge on any atom is -0.396 e. The van der Waals surface area contributed by atoms with E-state index in [4.69, 9.17) is 5.11 Å². The first kappa shape index (κ1) is 11.5. The molecular weight excluding hydrogens is 182 g/mol. The molecule has 1 aliphatic heterocycles. The van der Waals surface area contributed by atoms with Crippen LogP contribution < -0.4 is 0 Å². The average Bonchev–Trinajstić information content (AvgIpc) is 2.14. The molecule has 0 aromatic rings. The van der Waals surface area contributed by atoms with E-state index in [0.29, 0.717) is 38.8 Å². The van der Waals surface area contributed by atoms with Crippen LogP contribution in [0.4, 0.5) is 0 Å². The lowest BCUT2D eigenvalue weighted by Gasteiger charge is -2.35. The van der Waals surface area contributed by atoms with E-state index in [1.165, 1.54) is 0 Å². The lowest BCUT2D eigenvalue weighted by molar-refractivity contribution is -0.135. The molecule has 1 heterocycles. The van der Waals surface area contributed by atoms with E-state index in [2.05, 4.69) is 0 Å². The molecule has 1 aliphatic rings. The average molecular weight is 201 g/mol. The molecule has 82 valence electrons. The minimum atomic E-state index is -0.603. The fraction of sp³-hybridized carbons (Fsp3) is 0.900. The van der Waals surface area contributed by atoms with Crippen molar-refractivity contribution in [3.8, 4) is 0 Å². The Morgan fingerprint density at radius 2 is 2.00 bits per heavy atom. The largest absolute Gasteiger partial charge is 0.396 e. The highest BCUT2D eigenvalue weighted by molar-refractivity contribution is 5.76. The van der Waals surface area contributed by atoms with E-state index in [1.54, 1.807) is 4.90 Å². The van der Waals surface area contributed by atoms with Crippen LogP contribution in [-0.2, 0) is 4.79 Å². The molecule has 2 N–H and O–H groups in total. The number of hydrogen-bond acceptors (Lipinski definition) is 3. The second-order valence-corrected chi connectivity index (χ2v) is 4.20. The molecular formula is C10H19NO3. The van der Waals surface area contributed by atoms with Gasteiger partial charge >= 0.3 is 0 Å². The number of nitrogens with zero attached hydrogens (tertiary/aromatic N) is 1. The summed E-state index contributed by atoms with van der Waals surface area (Å²) in [5, 5.41) is 18.3. The minimum absolute atomic E-state index is 0.0668. The first-order valence-electron chi connectivity index (χ1n) is 5.16. The monoisotopic (exact) mass is 201 g/mol. The van der Waals surface area contributed by atoms with Gasteiger partial charge in [0.2, 0.25) is 5.91 Å². The second kappa shape index (κ2) is 4.75. The fourth-order valence-corrected chi connectivity index (χ4v) is 1.63. The molecule has 4 nitrogen and oxygen atoms in total. The summed E-state index contributed by atoms with van der Waals surface area (Å²) in [5.41, 5.74) is -0.603. The number of hydrogen-bond donors (Lipinski definition) is 2. The maximum absolute atomic E-state index is 11.5. The number of carbonyl (C=O) groups excluding carboxylic acids is 1. The SMILES string of the molecule is CC1(O)CCN(C(=O)CCCO)CC1. The molecule has 0 aromatic carbocycles. The Morgan fingerprint density at radius 1 is 1.43 bits per heavy atom. The molecule has 0 bridgehead atoms. The molecule has 0 atom stereocenters. The van der Waals surface area contributed by atoms with Gasteiger partial charge in [-0.1, -0.05) is 0 Å². The van der Waals surface area contributed by atoms with Crippen molar-refractivity contribution in [3.63, 3.8) is 0 Å².